The fraction of sp³-hybridized carbons (Fsp3) is 0. The summed E-state index contributed by atoms with van der Waals surface area (Å²) in [4.78, 5) is 0. The molecule has 0 amide bonds. The van der Waals surface area contributed by atoms with Crippen LogP contribution in [0.4, 0.5) is 0 Å². The van der Waals surface area contributed by atoms with Crippen molar-refractivity contribution in [2.24, 2.45) is 10.3 Å². The zero-order chi connectivity index (χ0) is 8.48. The first-order valence-corrected chi connectivity index (χ1v) is 4.49. The highest BCUT2D eigenvalue weighted by atomic mass is 32.2. The molecule has 0 aliphatic heterocycles. The summed E-state index contributed by atoms with van der Waals surface area (Å²) in [5.74, 6) is 0. The van der Waals surface area contributed by atoms with E-state index in [2.05, 4.69) is 34.5 Å². The van der Waals surface area contributed by atoms with Crippen LogP contribution in [0.25, 0.3) is 11.1 Å². The van der Waals surface area contributed by atoms with Crippen LogP contribution in [-0.2, 0) is 10.2 Å². The van der Waals surface area contributed by atoms with Crippen molar-refractivity contribution in [3.63, 3.8) is 0 Å². The van der Waals surface area contributed by atoms with Crippen molar-refractivity contribution in [3.8, 4) is 11.1 Å². The molecule has 0 saturated heterocycles. The van der Waals surface area contributed by atoms with Crippen LogP contribution in [0.3, 0.4) is 0 Å². The highest BCUT2D eigenvalue weighted by Crippen LogP contribution is 2.29. The topological polar surface area (TPSA) is 86.2 Å². The lowest BCUT2D eigenvalue weighted by Gasteiger charge is -2.10. The molecule has 0 radical (unpaired) electrons. The second kappa shape index (κ2) is 2.61. The van der Waals surface area contributed by atoms with Crippen LogP contribution in [0.5, 0.6) is 0 Å². The molecule has 0 unspecified atom stereocenters. The lowest BCUT2D eigenvalue weighted by molar-refractivity contribution is 0.599. The Morgan fingerprint density at radius 2 is 1.09 bits per heavy atom. The predicted molar refractivity (Wildman–Crippen MR) is 42.7 cm³/mol. The van der Waals surface area contributed by atoms with E-state index in [0.29, 0.717) is 0 Å². The van der Waals surface area contributed by atoms with Crippen LogP contribution in [0.15, 0.2) is 24.3 Å². The minimum Gasteiger partial charge on any atom is -0.216 e. The molecule has 11 heavy (non-hydrogen) atoms. The first-order chi connectivity index (χ1) is 4.97. The lowest BCUT2D eigenvalue weighted by Crippen LogP contribution is -2.21. The Labute approximate surface area is 65.0 Å². The van der Waals surface area contributed by atoms with Gasteiger partial charge in [0.15, 0.2) is 0 Å². The summed E-state index contributed by atoms with van der Waals surface area (Å²) in [6, 6.07) is 8.48. The van der Waals surface area contributed by atoms with Crippen LogP contribution >= 0.6 is 0 Å². The van der Waals surface area contributed by atoms with Crippen LogP contribution in [0, 0.1) is 0 Å². The summed E-state index contributed by atoms with van der Waals surface area (Å²) in [6.45, 7) is 0. The number of rotatable bonds is 0. The number of fused-ring (bicyclic) bond motifs is 1. The summed E-state index contributed by atoms with van der Waals surface area (Å²) in [5.41, 5.74) is 2.85. The Hall–Kier alpha value is -0.910. The van der Waals surface area contributed by atoms with Gasteiger partial charge in [-0.15, -0.1) is 0 Å². The molecule has 0 aromatic rings. The molecule has 2 aliphatic carbocycles. The number of nitrogens with two attached hydrogens (primary N) is 2. The van der Waals surface area contributed by atoms with Crippen molar-refractivity contribution in [1.82, 2.24) is 0 Å². The minimum absolute atomic E-state index is 1.43. The van der Waals surface area contributed by atoms with Crippen LogP contribution in [-0.4, -0.2) is 8.42 Å². The maximum atomic E-state index is 9.19. The van der Waals surface area contributed by atoms with Gasteiger partial charge in [0, 0.05) is 0 Å². The van der Waals surface area contributed by atoms with E-state index in [4.69, 9.17) is 0 Å². The van der Waals surface area contributed by atoms with E-state index in [-0.39, 0.29) is 0 Å². The normalized spacial score (nSPS) is 11.5. The van der Waals surface area contributed by atoms with Crippen molar-refractivity contribution < 1.29 is 8.42 Å². The highest BCUT2D eigenvalue weighted by molar-refractivity contribution is 7.86. The third-order valence-corrected chi connectivity index (χ3v) is 1.22. The summed E-state index contributed by atoms with van der Waals surface area (Å²) < 4.78 is 18.4. The standard InChI is InChI=1S/C6H4.H4N2O2S/c1-2-6-4-3-5(1)6;1-5(2,3)4/h1-4H;(H4,1,2,3,4). The molecule has 0 saturated carbocycles. The summed E-state index contributed by atoms with van der Waals surface area (Å²) in [5, 5.41) is 8.21. The molecule has 0 spiro atoms. The number of hydrogen-bond donors (Lipinski definition) is 2. The molecule has 60 valence electrons. The molecule has 5 heteroatoms. The molecule has 0 atom stereocenters. The molecule has 0 aromatic heterocycles. The molecule has 2 rings (SSSR count). The van der Waals surface area contributed by atoms with Gasteiger partial charge >= 0.3 is 0 Å². The Morgan fingerprint density at radius 3 is 1.09 bits per heavy atom. The van der Waals surface area contributed by atoms with E-state index in [0.717, 1.165) is 0 Å². The molecule has 0 bridgehead atoms. The van der Waals surface area contributed by atoms with Crippen LogP contribution in [0.1, 0.15) is 0 Å². The fourth-order valence-corrected chi connectivity index (χ4v) is 0.663. The van der Waals surface area contributed by atoms with Gasteiger partial charge in [-0.3, -0.25) is 0 Å². The van der Waals surface area contributed by atoms with Crippen LogP contribution in [0.2, 0.25) is 0 Å². The Balaban J connectivity index is 0.000000114. The number of benzene rings is 1. The van der Waals surface area contributed by atoms with Gasteiger partial charge in [0.1, 0.15) is 0 Å². The quantitative estimate of drug-likeness (QED) is 0.577. The number of hydrogen-bond acceptors (Lipinski definition) is 2. The molecular weight excluding hydrogens is 164 g/mol. The van der Waals surface area contributed by atoms with Gasteiger partial charge in [0.2, 0.25) is 0 Å². The third-order valence-electron chi connectivity index (χ3n) is 1.22. The fourth-order valence-electron chi connectivity index (χ4n) is 0.663. The van der Waals surface area contributed by atoms with Gasteiger partial charge in [-0.25, -0.2) is 10.3 Å². The average molecular weight is 172 g/mol. The SMILES string of the molecule is NS(N)(=O)=O.c1cc2ccc1-2. The first-order valence-electron chi connectivity index (χ1n) is 2.88. The Morgan fingerprint density at radius 1 is 0.909 bits per heavy atom. The summed E-state index contributed by atoms with van der Waals surface area (Å²) in [6.07, 6.45) is 0. The van der Waals surface area contributed by atoms with Crippen molar-refractivity contribution in [2.75, 3.05) is 0 Å². The van der Waals surface area contributed by atoms with Crippen molar-refractivity contribution in [2.45, 2.75) is 0 Å². The second-order valence-corrected chi connectivity index (χ2v) is 3.34. The lowest BCUT2D eigenvalue weighted by atomic mass is 9.95. The van der Waals surface area contributed by atoms with Crippen LogP contribution < -0.4 is 10.3 Å². The van der Waals surface area contributed by atoms with Crippen molar-refractivity contribution in [3.05, 3.63) is 24.3 Å². The van der Waals surface area contributed by atoms with Gasteiger partial charge in [-0.1, -0.05) is 24.3 Å². The highest BCUT2D eigenvalue weighted by Gasteiger charge is 2.03. The molecule has 0 heterocycles. The van der Waals surface area contributed by atoms with E-state index < -0.39 is 10.2 Å². The van der Waals surface area contributed by atoms with Gasteiger partial charge < -0.3 is 0 Å². The van der Waals surface area contributed by atoms with Crippen molar-refractivity contribution >= 4 is 10.2 Å². The first kappa shape index (κ1) is 8.19. The average Bonchev–Trinajstić information content (AvgIpc) is 1.74. The minimum atomic E-state index is -3.67. The summed E-state index contributed by atoms with van der Waals surface area (Å²) >= 11 is 0. The van der Waals surface area contributed by atoms with E-state index >= 15 is 0 Å². The molecule has 4 nitrogen and oxygen atoms in total. The maximum Gasteiger partial charge on any atom is 0.271 e. The molecule has 2 aliphatic rings. The van der Waals surface area contributed by atoms with Gasteiger partial charge in [0.25, 0.3) is 10.2 Å². The molecule has 4 N–H and O–H groups in total. The smallest absolute Gasteiger partial charge is 0.216 e. The zero-order valence-corrected chi connectivity index (χ0v) is 6.51. The zero-order valence-electron chi connectivity index (χ0n) is 5.69. The third kappa shape index (κ3) is 2.67. The Bertz CT molecular complexity index is 312. The van der Waals surface area contributed by atoms with E-state index in [1.165, 1.54) is 11.1 Å². The van der Waals surface area contributed by atoms with E-state index in [1.54, 1.807) is 0 Å². The largest absolute Gasteiger partial charge is 0.271 e. The second-order valence-electron chi connectivity index (χ2n) is 2.17. The molecule has 0 aromatic carbocycles. The van der Waals surface area contributed by atoms with E-state index in [9.17, 15) is 8.42 Å². The monoisotopic (exact) mass is 172 g/mol. The predicted octanol–water partition coefficient (Wildman–Crippen LogP) is -0.184. The molecule has 0 fully saturated rings. The van der Waals surface area contributed by atoms with E-state index in [1.807, 2.05) is 0 Å². The summed E-state index contributed by atoms with van der Waals surface area (Å²) in [7, 11) is -3.67. The van der Waals surface area contributed by atoms with Gasteiger partial charge in [-0.2, -0.15) is 8.42 Å². The van der Waals surface area contributed by atoms with Gasteiger partial charge in [0.05, 0.1) is 0 Å². The van der Waals surface area contributed by atoms with Gasteiger partial charge in [-0.05, 0) is 11.1 Å². The maximum absolute atomic E-state index is 9.19. The van der Waals surface area contributed by atoms with Crippen molar-refractivity contribution in [1.29, 1.82) is 0 Å². The Kier molecular flexibility index (Phi) is 1.95. The molecular formula is C6H8N2O2S.